The van der Waals surface area contributed by atoms with Crippen LogP contribution in [0.1, 0.15) is 36.6 Å². The third-order valence-corrected chi connectivity index (χ3v) is 5.41. The van der Waals surface area contributed by atoms with Gasteiger partial charge >= 0.3 is 0 Å². The molecule has 0 aromatic carbocycles. The van der Waals surface area contributed by atoms with Gasteiger partial charge in [-0.3, -0.25) is 4.99 Å². The van der Waals surface area contributed by atoms with Crippen LogP contribution in [0.5, 0.6) is 0 Å². The van der Waals surface area contributed by atoms with Gasteiger partial charge in [-0.2, -0.15) is 0 Å². The van der Waals surface area contributed by atoms with E-state index in [9.17, 15) is 0 Å². The molecule has 94 valence electrons. The van der Waals surface area contributed by atoms with Gasteiger partial charge in [0.1, 0.15) is 0 Å². The van der Waals surface area contributed by atoms with E-state index in [1.54, 1.807) is 0 Å². The van der Waals surface area contributed by atoms with Crippen LogP contribution in [0.2, 0.25) is 0 Å². The molecule has 1 N–H and O–H groups in total. The van der Waals surface area contributed by atoms with Gasteiger partial charge in [0.05, 0.1) is 6.04 Å². The lowest BCUT2D eigenvalue weighted by Crippen LogP contribution is -2.32. The summed E-state index contributed by atoms with van der Waals surface area (Å²) in [5.41, 5.74) is 0.346. The summed E-state index contributed by atoms with van der Waals surface area (Å²) in [5, 5.41) is 4.61. The van der Waals surface area contributed by atoms with Gasteiger partial charge in [0.2, 0.25) is 0 Å². The molecular formula is C13H20N2S2. The first kappa shape index (κ1) is 13.0. The average Bonchev–Trinajstić information content (AvgIpc) is 2.68. The highest BCUT2D eigenvalue weighted by atomic mass is 32.2. The van der Waals surface area contributed by atoms with Crippen molar-refractivity contribution in [2.75, 3.05) is 12.3 Å². The van der Waals surface area contributed by atoms with Crippen LogP contribution in [0.4, 0.5) is 0 Å². The SMILES string of the molecule is Cc1ccc(C(C)NC2=NCC(C)(C)CS2)s1. The molecule has 17 heavy (non-hydrogen) atoms. The summed E-state index contributed by atoms with van der Waals surface area (Å²) in [7, 11) is 0. The zero-order chi connectivity index (χ0) is 12.5. The van der Waals surface area contributed by atoms with Crippen molar-refractivity contribution in [1.82, 2.24) is 5.32 Å². The van der Waals surface area contributed by atoms with Gasteiger partial charge in [-0.25, -0.2) is 0 Å². The third kappa shape index (κ3) is 3.49. The topological polar surface area (TPSA) is 24.4 Å². The first-order valence-corrected chi connectivity index (χ1v) is 7.77. The first-order chi connectivity index (χ1) is 7.96. The highest BCUT2D eigenvalue weighted by Crippen LogP contribution is 2.29. The zero-order valence-corrected chi connectivity index (χ0v) is 12.5. The Morgan fingerprint density at radius 2 is 2.18 bits per heavy atom. The van der Waals surface area contributed by atoms with Gasteiger partial charge in [-0.1, -0.05) is 25.6 Å². The minimum atomic E-state index is 0.346. The normalized spacial score (nSPS) is 20.8. The second-order valence-electron chi connectivity index (χ2n) is 5.39. The van der Waals surface area contributed by atoms with E-state index in [1.807, 2.05) is 23.1 Å². The first-order valence-electron chi connectivity index (χ1n) is 5.96. The molecule has 0 radical (unpaired) electrons. The van der Waals surface area contributed by atoms with Gasteiger partial charge < -0.3 is 5.32 Å². The van der Waals surface area contributed by atoms with E-state index < -0.39 is 0 Å². The Balaban J connectivity index is 1.96. The van der Waals surface area contributed by atoms with Crippen molar-refractivity contribution in [3.05, 3.63) is 21.9 Å². The number of nitrogens with one attached hydrogen (secondary N) is 1. The molecule has 1 aromatic heterocycles. The number of nitrogens with zero attached hydrogens (tertiary/aromatic N) is 1. The summed E-state index contributed by atoms with van der Waals surface area (Å²) < 4.78 is 0. The molecule has 0 saturated carbocycles. The number of hydrogen-bond donors (Lipinski definition) is 1. The lowest BCUT2D eigenvalue weighted by molar-refractivity contribution is 0.436. The summed E-state index contributed by atoms with van der Waals surface area (Å²) >= 11 is 3.70. The fraction of sp³-hybridized carbons (Fsp3) is 0.615. The molecule has 2 nitrogen and oxygen atoms in total. The lowest BCUT2D eigenvalue weighted by atomic mass is 9.97. The molecule has 0 saturated heterocycles. The van der Waals surface area contributed by atoms with Crippen LogP contribution in [0, 0.1) is 12.3 Å². The predicted octanol–water partition coefficient (Wildman–Crippen LogP) is 3.84. The molecule has 0 amide bonds. The molecule has 4 heteroatoms. The molecule has 1 aliphatic rings. The van der Waals surface area contributed by atoms with Gasteiger partial charge in [0.25, 0.3) is 0 Å². The minimum Gasteiger partial charge on any atom is -0.358 e. The predicted molar refractivity (Wildman–Crippen MR) is 79.1 cm³/mol. The summed E-state index contributed by atoms with van der Waals surface area (Å²) in [6, 6.07) is 4.74. The van der Waals surface area contributed by atoms with Crippen LogP contribution in [0.3, 0.4) is 0 Å². The number of hydrogen-bond acceptors (Lipinski definition) is 4. The van der Waals surface area contributed by atoms with E-state index in [0.29, 0.717) is 11.5 Å². The van der Waals surface area contributed by atoms with Gasteiger partial charge in [0.15, 0.2) is 5.17 Å². The van der Waals surface area contributed by atoms with Crippen molar-refractivity contribution >= 4 is 28.3 Å². The largest absolute Gasteiger partial charge is 0.358 e. The Morgan fingerprint density at radius 1 is 1.41 bits per heavy atom. The molecule has 2 rings (SSSR count). The molecule has 1 atom stereocenters. The molecule has 1 aliphatic heterocycles. The molecule has 0 spiro atoms. The van der Waals surface area contributed by atoms with Gasteiger partial charge in [0, 0.05) is 22.1 Å². The number of aliphatic imine (C=N–C) groups is 1. The van der Waals surface area contributed by atoms with Gasteiger partial charge in [-0.05, 0) is 31.4 Å². The Labute approximate surface area is 112 Å². The van der Waals surface area contributed by atoms with E-state index in [2.05, 4.69) is 50.1 Å². The monoisotopic (exact) mass is 268 g/mol. The Kier molecular flexibility index (Phi) is 3.83. The van der Waals surface area contributed by atoms with E-state index in [0.717, 1.165) is 17.5 Å². The van der Waals surface area contributed by atoms with Crippen molar-refractivity contribution < 1.29 is 0 Å². The van der Waals surface area contributed by atoms with E-state index >= 15 is 0 Å². The summed E-state index contributed by atoms with van der Waals surface area (Å²) in [6.45, 7) is 9.82. The van der Waals surface area contributed by atoms with E-state index in [4.69, 9.17) is 0 Å². The molecule has 2 heterocycles. The number of aryl methyl sites for hydroxylation is 1. The van der Waals surface area contributed by atoms with Crippen LogP contribution < -0.4 is 5.32 Å². The Morgan fingerprint density at radius 3 is 2.71 bits per heavy atom. The van der Waals surface area contributed by atoms with Crippen LogP contribution in [-0.2, 0) is 0 Å². The second kappa shape index (κ2) is 5.02. The zero-order valence-electron chi connectivity index (χ0n) is 10.9. The van der Waals surface area contributed by atoms with Crippen molar-refractivity contribution in [1.29, 1.82) is 0 Å². The maximum Gasteiger partial charge on any atom is 0.157 e. The van der Waals surface area contributed by atoms with E-state index in [-0.39, 0.29) is 0 Å². The highest BCUT2D eigenvalue weighted by molar-refractivity contribution is 8.13. The Hall–Kier alpha value is -0.480. The second-order valence-corrected chi connectivity index (χ2v) is 7.67. The van der Waals surface area contributed by atoms with E-state index in [1.165, 1.54) is 9.75 Å². The molecule has 0 bridgehead atoms. The standard InChI is InChI=1S/C13H20N2S2/c1-9-5-6-11(17-9)10(2)15-12-14-7-13(3,4)8-16-12/h5-6,10H,7-8H2,1-4H3,(H,14,15). The highest BCUT2D eigenvalue weighted by Gasteiger charge is 2.24. The molecule has 1 aromatic rings. The number of amidine groups is 1. The number of thiophene rings is 1. The Bertz CT molecular complexity index is 421. The van der Waals surface area contributed by atoms with Crippen molar-refractivity contribution in [3.8, 4) is 0 Å². The number of thioether (sulfide) groups is 1. The van der Waals surface area contributed by atoms with Crippen LogP contribution in [0.25, 0.3) is 0 Å². The maximum absolute atomic E-state index is 4.63. The summed E-state index contributed by atoms with van der Waals surface area (Å²) in [6.07, 6.45) is 0. The van der Waals surface area contributed by atoms with Crippen LogP contribution >= 0.6 is 23.1 Å². The van der Waals surface area contributed by atoms with Gasteiger partial charge in [-0.15, -0.1) is 11.3 Å². The van der Waals surface area contributed by atoms with Crippen LogP contribution in [0.15, 0.2) is 17.1 Å². The smallest absolute Gasteiger partial charge is 0.157 e. The lowest BCUT2D eigenvalue weighted by Gasteiger charge is -2.28. The molecule has 0 fully saturated rings. The molecule has 1 unspecified atom stereocenters. The van der Waals surface area contributed by atoms with Crippen molar-refractivity contribution in [3.63, 3.8) is 0 Å². The fourth-order valence-corrected chi connectivity index (χ4v) is 3.58. The third-order valence-electron chi connectivity index (χ3n) is 2.78. The van der Waals surface area contributed by atoms with Crippen molar-refractivity contribution in [2.24, 2.45) is 10.4 Å². The van der Waals surface area contributed by atoms with Crippen LogP contribution in [-0.4, -0.2) is 17.5 Å². The number of rotatable bonds is 2. The average molecular weight is 268 g/mol. The molecular weight excluding hydrogens is 248 g/mol. The fourth-order valence-electron chi connectivity index (χ4n) is 1.67. The molecule has 0 aliphatic carbocycles. The van der Waals surface area contributed by atoms with Crippen molar-refractivity contribution in [2.45, 2.75) is 33.7 Å². The summed E-state index contributed by atoms with van der Waals surface area (Å²) in [5.74, 6) is 1.15. The maximum atomic E-state index is 4.63. The minimum absolute atomic E-state index is 0.346. The quantitative estimate of drug-likeness (QED) is 0.881. The summed E-state index contributed by atoms with van der Waals surface area (Å²) in [4.78, 5) is 7.38.